The molecule has 1 atom stereocenters. The minimum Gasteiger partial charge on any atom is -0.490 e. The first-order valence-corrected chi connectivity index (χ1v) is 10.5. The molecule has 0 saturated carbocycles. The van der Waals surface area contributed by atoms with E-state index in [2.05, 4.69) is 41.8 Å². The van der Waals surface area contributed by atoms with Gasteiger partial charge in [0.25, 0.3) is 0 Å². The molecule has 0 saturated heterocycles. The highest BCUT2D eigenvalue weighted by molar-refractivity contribution is 7.80. The fourth-order valence-corrected chi connectivity index (χ4v) is 2.93. The first-order valence-electron chi connectivity index (χ1n) is 9.75. The van der Waals surface area contributed by atoms with Gasteiger partial charge in [-0.15, -0.1) is 0 Å². The van der Waals surface area contributed by atoms with Crippen LogP contribution in [0.4, 0.5) is 0 Å². The minimum atomic E-state index is 0.402. The lowest BCUT2D eigenvalue weighted by Gasteiger charge is -2.12. The average Bonchev–Trinajstić information content (AvgIpc) is 2.72. The van der Waals surface area contributed by atoms with Gasteiger partial charge < -0.3 is 14.8 Å². The van der Waals surface area contributed by atoms with Crippen LogP contribution >= 0.6 is 23.8 Å². The first-order chi connectivity index (χ1) is 14.0. The Morgan fingerprint density at radius 3 is 2.55 bits per heavy atom. The Morgan fingerprint density at radius 1 is 1.14 bits per heavy atom. The highest BCUT2D eigenvalue weighted by atomic mass is 35.5. The third kappa shape index (κ3) is 7.91. The Morgan fingerprint density at radius 2 is 1.86 bits per heavy atom. The topological polar surface area (TPSA) is 54.9 Å². The molecule has 29 heavy (non-hydrogen) atoms. The second kappa shape index (κ2) is 12.3. The molecule has 0 fully saturated rings. The van der Waals surface area contributed by atoms with E-state index in [-0.39, 0.29) is 0 Å². The predicted molar refractivity (Wildman–Crippen MR) is 125 cm³/mol. The van der Waals surface area contributed by atoms with Crippen molar-refractivity contribution in [3.63, 3.8) is 0 Å². The summed E-state index contributed by atoms with van der Waals surface area (Å²) in [5.41, 5.74) is 4.83. The van der Waals surface area contributed by atoms with Crippen LogP contribution in [0.15, 0.2) is 47.6 Å². The largest absolute Gasteiger partial charge is 0.490 e. The van der Waals surface area contributed by atoms with Crippen LogP contribution in [-0.4, -0.2) is 31.1 Å². The summed E-state index contributed by atoms with van der Waals surface area (Å²) in [6.07, 6.45) is 2.75. The van der Waals surface area contributed by atoms with E-state index in [0.29, 0.717) is 35.0 Å². The molecule has 0 aliphatic heterocycles. The molecule has 2 aromatic carbocycles. The van der Waals surface area contributed by atoms with Crippen LogP contribution in [0.1, 0.15) is 44.2 Å². The van der Waals surface area contributed by atoms with Gasteiger partial charge in [-0.1, -0.05) is 37.6 Å². The van der Waals surface area contributed by atoms with Gasteiger partial charge in [-0.3, -0.25) is 5.43 Å². The van der Waals surface area contributed by atoms with Crippen LogP contribution in [-0.2, 0) is 0 Å². The molecular weight excluding hydrogens is 406 g/mol. The Balaban J connectivity index is 1.87. The summed E-state index contributed by atoms with van der Waals surface area (Å²) in [4.78, 5) is 0. The molecular formula is C22H28ClN3O2S. The van der Waals surface area contributed by atoms with E-state index in [1.807, 2.05) is 25.1 Å². The normalized spacial score (nSPS) is 11.9. The number of nitrogens with one attached hydrogen (secondary N) is 2. The Bertz CT molecular complexity index is 812. The van der Waals surface area contributed by atoms with E-state index < -0.39 is 0 Å². The van der Waals surface area contributed by atoms with Crippen LogP contribution in [0.5, 0.6) is 11.5 Å². The molecule has 2 aromatic rings. The Hall–Kier alpha value is -2.31. The zero-order valence-electron chi connectivity index (χ0n) is 17.1. The van der Waals surface area contributed by atoms with Crippen molar-refractivity contribution in [2.24, 2.45) is 5.10 Å². The van der Waals surface area contributed by atoms with Crippen molar-refractivity contribution in [1.29, 1.82) is 0 Å². The smallest absolute Gasteiger partial charge is 0.186 e. The van der Waals surface area contributed by atoms with E-state index in [1.54, 1.807) is 18.3 Å². The molecule has 0 aliphatic carbocycles. The molecule has 2 N–H and O–H groups in total. The number of benzene rings is 2. The summed E-state index contributed by atoms with van der Waals surface area (Å²) in [5, 5.41) is 8.14. The van der Waals surface area contributed by atoms with Gasteiger partial charge in [-0.05, 0) is 67.4 Å². The quantitative estimate of drug-likeness (QED) is 0.235. The molecule has 0 bridgehead atoms. The number of nitrogens with zero attached hydrogens (tertiary/aromatic N) is 1. The molecule has 2 rings (SSSR count). The first kappa shape index (κ1) is 23.0. The van der Waals surface area contributed by atoms with Crippen LogP contribution in [0, 0.1) is 0 Å². The maximum absolute atomic E-state index is 6.09. The number of rotatable bonds is 10. The number of hydrazone groups is 1. The second-order valence-electron chi connectivity index (χ2n) is 6.49. The Labute approximate surface area is 183 Å². The molecule has 0 aliphatic rings. The molecule has 7 heteroatoms. The van der Waals surface area contributed by atoms with E-state index >= 15 is 0 Å². The summed E-state index contributed by atoms with van der Waals surface area (Å²) < 4.78 is 11.6. The monoisotopic (exact) mass is 433 g/mol. The standard InChI is InChI=1S/C22H28ClN3O2S/c1-4-16(3)17-6-9-20(10-7-17)27-12-13-28-21-11-8-19(23)14-18(21)15-25-26-22(29)24-5-2/h6-11,14-16H,4-5,12-13H2,1-3H3,(H2,24,26,29)/b25-15+. The molecule has 0 heterocycles. The van der Waals surface area contributed by atoms with Gasteiger partial charge in [0, 0.05) is 17.1 Å². The van der Waals surface area contributed by atoms with Crippen LogP contribution in [0.25, 0.3) is 0 Å². The summed E-state index contributed by atoms with van der Waals surface area (Å²) in [6.45, 7) is 7.94. The Kier molecular flexibility index (Phi) is 9.74. The second-order valence-corrected chi connectivity index (χ2v) is 7.33. The maximum atomic E-state index is 6.09. The number of ether oxygens (including phenoxy) is 2. The van der Waals surface area contributed by atoms with Crippen molar-refractivity contribution >= 4 is 35.1 Å². The lowest BCUT2D eigenvalue weighted by atomic mass is 9.99. The van der Waals surface area contributed by atoms with Crippen LogP contribution in [0.3, 0.4) is 0 Å². The number of hydrogen-bond acceptors (Lipinski definition) is 4. The zero-order chi connectivity index (χ0) is 21.1. The molecule has 156 valence electrons. The molecule has 0 amide bonds. The molecule has 0 radical (unpaired) electrons. The van der Waals surface area contributed by atoms with Gasteiger partial charge >= 0.3 is 0 Å². The minimum absolute atomic E-state index is 0.402. The van der Waals surface area contributed by atoms with E-state index in [4.69, 9.17) is 33.3 Å². The summed E-state index contributed by atoms with van der Waals surface area (Å²) >= 11 is 11.2. The van der Waals surface area contributed by atoms with Crippen molar-refractivity contribution in [3.05, 3.63) is 58.6 Å². The maximum Gasteiger partial charge on any atom is 0.186 e. The van der Waals surface area contributed by atoms with Gasteiger partial charge in [0.2, 0.25) is 0 Å². The average molecular weight is 434 g/mol. The van der Waals surface area contributed by atoms with Gasteiger partial charge in [0.15, 0.2) is 5.11 Å². The SMILES string of the molecule is CCNC(=S)N/N=C/c1cc(Cl)ccc1OCCOc1ccc(C(C)CC)cc1. The van der Waals surface area contributed by atoms with Gasteiger partial charge in [0.05, 0.1) is 6.21 Å². The number of thiocarbonyl (C=S) groups is 1. The lowest BCUT2D eigenvalue weighted by molar-refractivity contribution is 0.217. The zero-order valence-corrected chi connectivity index (χ0v) is 18.6. The molecule has 0 aromatic heterocycles. The lowest BCUT2D eigenvalue weighted by Crippen LogP contribution is -2.31. The van der Waals surface area contributed by atoms with E-state index in [0.717, 1.165) is 24.3 Å². The molecule has 0 spiro atoms. The van der Waals surface area contributed by atoms with Crippen LogP contribution < -0.4 is 20.2 Å². The van der Waals surface area contributed by atoms with Crippen molar-refractivity contribution < 1.29 is 9.47 Å². The highest BCUT2D eigenvalue weighted by Crippen LogP contribution is 2.23. The van der Waals surface area contributed by atoms with E-state index in [9.17, 15) is 0 Å². The van der Waals surface area contributed by atoms with Gasteiger partial charge in [-0.2, -0.15) is 5.10 Å². The number of halogens is 1. The van der Waals surface area contributed by atoms with Crippen molar-refractivity contribution in [2.45, 2.75) is 33.1 Å². The summed E-state index contributed by atoms with van der Waals surface area (Å²) in [5.74, 6) is 2.06. The third-order valence-corrected chi connectivity index (χ3v) is 4.82. The van der Waals surface area contributed by atoms with E-state index in [1.165, 1.54) is 5.56 Å². The van der Waals surface area contributed by atoms with Gasteiger partial charge in [-0.25, -0.2) is 0 Å². The van der Waals surface area contributed by atoms with Gasteiger partial charge in [0.1, 0.15) is 24.7 Å². The van der Waals surface area contributed by atoms with Crippen molar-refractivity contribution in [2.75, 3.05) is 19.8 Å². The molecule has 5 nitrogen and oxygen atoms in total. The summed E-state index contributed by atoms with van der Waals surface area (Å²) in [6, 6.07) is 13.6. The third-order valence-electron chi connectivity index (χ3n) is 4.35. The van der Waals surface area contributed by atoms with Crippen molar-refractivity contribution in [3.8, 4) is 11.5 Å². The molecule has 1 unspecified atom stereocenters. The summed E-state index contributed by atoms with van der Waals surface area (Å²) in [7, 11) is 0. The van der Waals surface area contributed by atoms with Crippen molar-refractivity contribution in [1.82, 2.24) is 10.7 Å². The fraction of sp³-hybridized carbons (Fsp3) is 0.364. The highest BCUT2D eigenvalue weighted by Gasteiger charge is 2.05. The fourth-order valence-electron chi connectivity index (χ4n) is 2.55. The number of hydrogen-bond donors (Lipinski definition) is 2. The predicted octanol–water partition coefficient (Wildman–Crippen LogP) is 5.13. The van der Waals surface area contributed by atoms with Crippen LogP contribution in [0.2, 0.25) is 5.02 Å².